The number of aromatic nitrogens is 4. The van der Waals surface area contributed by atoms with E-state index in [4.69, 9.17) is 31.8 Å². The highest BCUT2D eigenvalue weighted by atomic mass is 32.2. The van der Waals surface area contributed by atoms with Crippen LogP contribution < -0.4 is 14.5 Å². The number of rotatable bonds is 23. The lowest BCUT2D eigenvalue weighted by atomic mass is 10.0. The van der Waals surface area contributed by atoms with E-state index in [2.05, 4.69) is 24.7 Å². The van der Waals surface area contributed by atoms with Gasteiger partial charge in [-0.1, -0.05) is 121 Å². The van der Waals surface area contributed by atoms with Gasteiger partial charge in [-0.25, -0.2) is 23.2 Å². The van der Waals surface area contributed by atoms with Crippen LogP contribution >= 0.6 is 0 Å². The van der Waals surface area contributed by atoms with Gasteiger partial charge in [-0.2, -0.15) is 0 Å². The Hall–Kier alpha value is -6.55. The predicted octanol–water partition coefficient (Wildman–Crippen LogP) is 8.80. The Morgan fingerprint density at radius 3 is 1.27 bits per heavy atom. The van der Waals surface area contributed by atoms with Crippen LogP contribution in [0.3, 0.4) is 0 Å². The van der Waals surface area contributed by atoms with Crippen molar-refractivity contribution in [1.29, 1.82) is 0 Å². The van der Waals surface area contributed by atoms with Gasteiger partial charge in [0.2, 0.25) is 10.0 Å². The summed E-state index contributed by atoms with van der Waals surface area (Å²) in [5, 5.41) is 8.83. The van der Waals surface area contributed by atoms with E-state index >= 15 is 0 Å². The molecule has 2 N–H and O–H groups in total. The standard InChI is InChI=1S/C26H32N4O4S.C25H29N3O3/c1-20(2)30(16-10-11-17-34-19-24(31)29-35(3,32)33)23-18-27-25(21-12-6-4-7-13-21)26(28-23)22-14-8-5-9-15-22;1-19(2)28(15-9-10-16-31-18-23(29)30)22-17-26-24(20-11-5-3-6-12-20)25(27-22)21-13-7-4-8-14-21/h4-9,12-15,18,20H,10-11,16-17,19H2,1-3H3,(H,29,31);3-8,11-14,17,19H,9-10,15-16,18H2,1-2H3,(H,29,30)/i10D2,11D2,16D2,17D2;9D2,10D2,15D2,16D2. The first-order valence-corrected chi connectivity index (χ1v) is 22.2. The number of carbonyl (C=O) groups excluding carboxylic acids is 1. The fourth-order valence-corrected chi connectivity index (χ4v) is 6.31. The number of ether oxygens (including phenoxy) is 2. The van der Waals surface area contributed by atoms with Crippen LogP contribution in [-0.4, -0.2) is 103 Å². The summed E-state index contributed by atoms with van der Waals surface area (Å²) in [7, 11) is -4.02. The Balaban J connectivity index is 0.000000302. The molecule has 66 heavy (non-hydrogen) atoms. The molecule has 0 saturated heterocycles. The molecule has 0 aliphatic rings. The van der Waals surface area contributed by atoms with Crippen LogP contribution in [0, 0.1) is 0 Å². The van der Waals surface area contributed by atoms with Crippen molar-refractivity contribution in [3.8, 4) is 45.0 Å². The van der Waals surface area contributed by atoms with Crippen LogP contribution in [0.5, 0.6) is 0 Å². The second kappa shape index (κ2) is 25.8. The molecule has 0 unspecified atom stereocenters. The van der Waals surface area contributed by atoms with E-state index < -0.39 is 98.8 Å². The highest BCUT2D eigenvalue weighted by Crippen LogP contribution is 2.32. The zero-order valence-electron chi connectivity index (χ0n) is 52.8. The van der Waals surface area contributed by atoms with Gasteiger partial charge in [0.1, 0.15) is 24.8 Å². The molecule has 15 heteroatoms. The van der Waals surface area contributed by atoms with Crippen LogP contribution in [-0.2, 0) is 29.1 Å². The molecule has 348 valence electrons. The predicted molar refractivity (Wildman–Crippen MR) is 262 cm³/mol. The van der Waals surface area contributed by atoms with E-state index in [1.165, 1.54) is 31.0 Å². The number of sulfonamides is 1. The summed E-state index contributed by atoms with van der Waals surface area (Å²) in [6.45, 7) is -9.97. The molecule has 14 nitrogen and oxygen atoms in total. The van der Waals surface area contributed by atoms with Gasteiger partial charge >= 0.3 is 5.97 Å². The van der Waals surface area contributed by atoms with E-state index in [0.29, 0.717) is 40.2 Å². The Labute approximate surface area is 411 Å². The maximum atomic E-state index is 11.8. The average molecular weight is 932 g/mol. The lowest BCUT2D eigenvalue weighted by Gasteiger charge is -2.28. The topological polar surface area (TPSA) is 177 Å². The van der Waals surface area contributed by atoms with E-state index in [0.717, 1.165) is 20.9 Å². The number of carboxylic acids is 1. The van der Waals surface area contributed by atoms with Crippen molar-refractivity contribution in [2.45, 2.75) is 65.3 Å². The van der Waals surface area contributed by atoms with Crippen molar-refractivity contribution in [1.82, 2.24) is 24.7 Å². The summed E-state index contributed by atoms with van der Waals surface area (Å²) in [5.74, 6) is -3.17. The minimum absolute atomic E-state index is 0.111. The molecule has 1 amide bonds. The number of hydrogen-bond donors (Lipinski definition) is 2. The lowest BCUT2D eigenvalue weighted by Crippen LogP contribution is -2.33. The molecule has 0 aliphatic heterocycles. The number of nitrogens with one attached hydrogen (secondary N) is 1. The molecule has 6 aromatic rings. The summed E-state index contributed by atoms with van der Waals surface area (Å²) in [4.78, 5) is 42.9. The first kappa shape index (κ1) is 32.2. The second-order valence-electron chi connectivity index (χ2n) is 14.4. The molecule has 0 atom stereocenters. The van der Waals surface area contributed by atoms with Crippen molar-refractivity contribution in [3.63, 3.8) is 0 Å². The molecule has 2 aromatic heterocycles. The minimum Gasteiger partial charge on any atom is -0.480 e. The average Bonchev–Trinajstić information content (AvgIpc) is 2.02. The first-order valence-electron chi connectivity index (χ1n) is 28.3. The van der Waals surface area contributed by atoms with Crippen LogP contribution in [0.25, 0.3) is 45.0 Å². The van der Waals surface area contributed by atoms with E-state index in [1.54, 1.807) is 68.4 Å². The third-order valence-corrected chi connectivity index (χ3v) is 9.26. The van der Waals surface area contributed by atoms with Crippen molar-refractivity contribution in [3.05, 3.63) is 134 Å². The zero-order valence-corrected chi connectivity index (χ0v) is 37.6. The third kappa shape index (κ3) is 16.2. The summed E-state index contributed by atoms with van der Waals surface area (Å²) < 4.78 is 168. The van der Waals surface area contributed by atoms with Crippen LogP contribution in [0.1, 0.15) is 75.1 Å². The lowest BCUT2D eigenvalue weighted by molar-refractivity contribution is -0.142. The number of hydrogen-bond acceptors (Lipinski definition) is 12. The second-order valence-corrected chi connectivity index (χ2v) is 16.2. The summed E-state index contributed by atoms with van der Waals surface area (Å²) in [5.41, 5.74) is 4.44. The van der Waals surface area contributed by atoms with Gasteiger partial charge in [-0.15, -0.1) is 0 Å². The third-order valence-electron chi connectivity index (χ3n) is 8.66. The van der Waals surface area contributed by atoms with Crippen molar-refractivity contribution >= 4 is 33.5 Å². The molecular formula is C51H61N7O7S. The highest BCUT2D eigenvalue weighted by Gasteiger charge is 2.19. The summed E-state index contributed by atoms with van der Waals surface area (Å²) in [6, 6.07) is 34.6. The Morgan fingerprint density at radius 1 is 0.591 bits per heavy atom. The van der Waals surface area contributed by atoms with E-state index in [-0.39, 0.29) is 11.6 Å². The number of carboxylic acid groups (broad SMARTS) is 1. The van der Waals surface area contributed by atoms with Crippen molar-refractivity contribution < 1.29 is 54.5 Å². The molecule has 0 saturated carbocycles. The van der Waals surface area contributed by atoms with Crippen molar-refractivity contribution in [2.75, 3.05) is 55.4 Å². The number of nitrogens with zero attached hydrogens (tertiary/aromatic N) is 6. The fraction of sp³-hybridized carbons (Fsp3) is 0.333. The highest BCUT2D eigenvalue weighted by molar-refractivity contribution is 7.89. The molecule has 0 radical (unpaired) electrons. The number of aliphatic carboxylic acids is 1. The van der Waals surface area contributed by atoms with Crippen LogP contribution in [0.2, 0.25) is 0 Å². The van der Waals surface area contributed by atoms with Gasteiger partial charge in [0, 0.05) is 76.9 Å². The fourth-order valence-electron chi connectivity index (χ4n) is 5.84. The monoisotopic (exact) mass is 932 g/mol. The molecule has 2 heterocycles. The Bertz CT molecular complexity index is 3270. The first-order chi connectivity index (χ1) is 37.8. The van der Waals surface area contributed by atoms with E-state index in [1.807, 2.05) is 66.7 Å². The largest absolute Gasteiger partial charge is 0.480 e. The Morgan fingerprint density at radius 2 is 0.939 bits per heavy atom. The number of amides is 1. The number of benzene rings is 4. The molecule has 0 aliphatic carbocycles. The zero-order chi connectivity index (χ0) is 61.7. The number of anilines is 2. The SMILES string of the molecule is [2H]C([2H])(OCC(=O)NS(C)(=O)=O)C([2H])([2H])C([2H])([2H])C([2H])([2H])N(c1cnc(-c2ccccc2)c(-c2ccccc2)n1)C(C)C.[2H]C([2H])(OCC(=O)O)C([2H])([2H])C([2H])([2H])C([2H])([2H])N(c1cnc(-c2ccccc2)c(-c2ccccc2)n1)C(C)C. The van der Waals surface area contributed by atoms with Gasteiger partial charge in [0.15, 0.2) is 0 Å². The molecule has 0 spiro atoms. The molecule has 6 rings (SSSR count). The maximum Gasteiger partial charge on any atom is 0.329 e. The van der Waals surface area contributed by atoms with Crippen molar-refractivity contribution in [2.24, 2.45) is 0 Å². The van der Waals surface area contributed by atoms with Gasteiger partial charge in [0.05, 0.1) is 46.9 Å². The van der Waals surface area contributed by atoms with Gasteiger partial charge in [0.25, 0.3) is 5.91 Å². The Kier molecular flexibility index (Phi) is 12.6. The van der Waals surface area contributed by atoms with Crippen LogP contribution in [0.15, 0.2) is 134 Å². The normalized spacial score (nSPS) is 16.5. The molecule has 0 bridgehead atoms. The smallest absolute Gasteiger partial charge is 0.329 e. The summed E-state index contributed by atoms with van der Waals surface area (Å²) >= 11 is 0. The molecular weight excluding hydrogens is 855 g/mol. The quantitative estimate of drug-likeness (QED) is 0.0624. The van der Waals surface area contributed by atoms with Gasteiger partial charge < -0.3 is 24.4 Å². The van der Waals surface area contributed by atoms with E-state index in [9.17, 15) is 18.0 Å². The minimum atomic E-state index is -4.02. The molecule has 0 fully saturated rings. The van der Waals surface area contributed by atoms with Gasteiger partial charge in [-0.3, -0.25) is 19.5 Å². The maximum absolute atomic E-state index is 11.8. The summed E-state index contributed by atoms with van der Waals surface area (Å²) in [6.07, 6.45) is -11.5. The van der Waals surface area contributed by atoms with Gasteiger partial charge in [-0.05, 0) is 53.2 Å². The van der Waals surface area contributed by atoms with Crippen LogP contribution in [0.4, 0.5) is 11.6 Å². The number of carbonyl (C=O) groups is 2. The molecule has 4 aromatic carbocycles.